The molecule has 0 radical (unpaired) electrons. The summed E-state index contributed by atoms with van der Waals surface area (Å²) in [5, 5.41) is 0. The van der Waals surface area contributed by atoms with Crippen LogP contribution in [-0.4, -0.2) is 43.0 Å². The van der Waals surface area contributed by atoms with Gasteiger partial charge in [0.2, 0.25) is 5.91 Å². The van der Waals surface area contributed by atoms with Gasteiger partial charge in [0.25, 0.3) is 5.91 Å². The molecule has 6 heteroatoms. The van der Waals surface area contributed by atoms with Gasteiger partial charge < -0.3 is 20.1 Å². The molecule has 2 N–H and O–H groups in total. The maximum Gasteiger partial charge on any atom is 0.253 e. The van der Waals surface area contributed by atoms with Gasteiger partial charge in [-0.3, -0.25) is 9.59 Å². The molecule has 1 fully saturated rings. The Labute approximate surface area is 141 Å². The van der Waals surface area contributed by atoms with E-state index in [0.29, 0.717) is 25.3 Å². The minimum atomic E-state index is -0.340. The van der Waals surface area contributed by atoms with E-state index in [2.05, 4.69) is 0 Å². The molecule has 24 heavy (non-hydrogen) atoms. The molecule has 0 saturated carbocycles. The summed E-state index contributed by atoms with van der Waals surface area (Å²) in [6, 6.07) is 5.57. The first kappa shape index (κ1) is 16.4. The maximum absolute atomic E-state index is 12.7. The number of hydrogen-bond acceptors (Lipinski definition) is 4. The summed E-state index contributed by atoms with van der Waals surface area (Å²) >= 11 is 0. The average Bonchev–Trinajstić information content (AvgIpc) is 2.61. The van der Waals surface area contributed by atoms with Gasteiger partial charge >= 0.3 is 0 Å². The van der Waals surface area contributed by atoms with E-state index in [9.17, 15) is 9.59 Å². The number of nitrogens with zero attached hydrogens (tertiary/aromatic N) is 1. The summed E-state index contributed by atoms with van der Waals surface area (Å²) in [4.78, 5) is 25.8. The zero-order chi connectivity index (χ0) is 17.1. The molecular formula is C18H22N2O4. The number of primary amides is 1. The molecule has 1 saturated heterocycles. The summed E-state index contributed by atoms with van der Waals surface area (Å²) in [5.74, 6) is 0.798. The quantitative estimate of drug-likeness (QED) is 0.909. The Bertz CT molecular complexity index is 684. The molecule has 6 nitrogen and oxygen atoms in total. The van der Waals surface area contributed by atoms with Crippen LogP contribution in [0.25, 0.3) is 6.08 Å². The van der Waals surface area contributed by atoms with Crippen LogP contribution in [0.3, 0.4) is 0 Å². The zero-order valence-electron chi connectivity index (χ0n) is 13.8. The van der Waals surface area contributed by atoms with Crippen LogP contribution in [0.4, 0.5) is 0 Å². The van der Waals surface area contributed by atoms with Crippen molar-refractivity contribution in [2.45, 2.75) is 19.8 Å². The number of piperidine rings is 1. The number of ether oxygens (including phenoxy) is 2. The number of fused-ring (bicyclic) bond motifs is 1. The van der Waals surface area contributed by atoms with Gasteiger partial charge in [0.05, 0.1) is 18.1 Å². The first-order chi connectivity index (χ1) is 11.6. The van der Waals surface area contributed by atoms with Crippen LogP contribution in [-0.2, 0) is 9.59 Å². The summed E-state index contributed by atoms with van der Waals surface area (Å²) < 4.78 is 11.2. The predicted molar refractivity (Wildman–Crippen MR) is 89.6 cm³/mol. The van der Waals surface area contributed by atoms with Crippen LogP contribution in [0.15, 0.2) is 23.8 Å². The number of nitrogens with two attached hydrogens (primary N) is 1. The Hall–Kier alpha value is -2.50. The largest absolute Gasteiger partial charge is 0.494 e. The van der Waals surface area contributed by atoms with Crippen molar-refractivity contribution in [2.75, 3.05) is 26.3 Å². The van der Waals surface area contributed by atoms with E-state index < -0.39 is 0 Å². The van der Waals surface area contributed by atoms with E-state index in [1.54, 1.807) is 4.90 Å². The van der Waals surface area contributed by atoms with Crippen molar-refractivity contribution in [3.05, 3.63) is 29.3 Å². The molecule has 0 bridgehead atoms. The minimum Gasteiger partial charge on any atom is -0.494 e. The van der Waals surface area contributed by atoms with Crippen LogP contribution < -0.4 is 15.2 Å². The highest BCUT2D eigenvalue weighted by Crippen LogP contribution is 2.31. The highest BCUT2D eigenvalue weighted by atomic mass is 16.5. The fourth-order valence-electron chi connectivity index (χ4n) is 3.13. The lowest BCUT2D eigenvalue weighted by atomic mass is 9.96. The third-order valence-electron chi connectivity index (χ3n) is 4.39. The topological polar surface area (TPSA) is 81.9 Å². The Balaban J connectivity index is 1.78. The van der Waals surface area contributed by atoms with Crippen LogP contribution in [0.2, 0.25) is 0 Å². The molecule has 2 aliphatic rings. The van der Waals surface area contributed by atoms with Crippen molar-refractivity contribution >= 4 is 17.9 Å². The lowest BCUT2D eigenvalue weighted by Gasteiger charge is -2.32. The fraction of sp³-hybridized carbons (Fsp3) is 0.444. The second-order valence-corrected chi connectivity index (χ2v) is 6.08. The molecule has 1 unspecified atom stereocenters. The summed E-state index contributed by atoms with van der Waals surface area (Å²) in [6.07, 6.45) is 3.38. The molecule has 1 aromatic rings. The highest BCUT2D eigenvalue weighted by molar-refractivity contribution is 5.99. The Morgan fingerprint density at radius 1 is 1.42 bits per heavy atom. The number of benzene rings is 1. The monoisotopic (exact) mass is 330 g/mol. The van der Waals surface area contributed by atoms with E-state index in [1.165, 1.54) is 0 Å². The molecule has 2 aliphatic heterocycles. The molecule has 128 valence electrons. The number of carbonyl (C=O) groups excluding carboxylic acids is 2. The third-order valence-corrected chi connectivity index (χ3v) is 4.39. The van der Waals surface area contributed by atoms with E-state index in [-0.39, 0.29) is 24.3 Å². The smallest absolute Gasteiger partial charge is 0.253 e. The van der Waals surface area contributed by atoms with E-state index >= 15 is 0 Å². The predicted octanol–water partition coefficient (Wildman–Crippen LogP) is 1.58. The second kappa shape index (κ2) is 6.95. The van der Waals surface area contributed by atoms with Gasteiger partial charge in [-0.05, 0) is 44.0 Å². The average molecular weight is 330 g/mol. The summed E-state index contributed by atoms with van der Waals surface area (Å²) in [5.41, 5.74) is 6.80. The molecule has 3 rings (SSSR count). The van der Waals surface area contributed by atoms with Gasteiger partial charge in [0.1, 0.15) is 18.1 Å². The minimum absolute atomic E-state index is 0.0894. The number of hydrogen-bond donors (Lipinski definition) is 1. The molecule has 0 aliphatic carbocycles. The molecule has 2 heterocycles. The van der Waals surface area contributed by atoms with E-state index in [1.807, 2.05) is 31.2 Å². The Kier molecular flexibility index (Phi) is 4.74. The van der Waals surface area contributed by atoms with Crippen LogP contribution in [0, 0.1) is 5.92 Å². The van der Waals surface area contributed by atoms with Gasteiger partial charge in [-0.2, -0.15) is 0 Å². The van der Waals surface area contributed by atoms with Crippen molar-refractivity contribution < 1.29 is 19.1 Å². The lowest BCUT2D eigenvalue weighted by molar-refractivity contribution is -0.131. The molecular weight excluding hydrogens is 308 g/mol. The molecule has 0 aromatic heterocycles. The Morgan fingerprint density at radius 2 is 2.25 bits per heavy atom. The van der Waals surface area contributed by atoms with Crippen LogP contribution in [0.1, 0.15) is 25.3 Å². The van der Waals surface area contributed by atoms with Crippen molar-refractivity contribution in [1.29, 1.82) is 0 Å². The molecule has 1 aromatic carbocycles. The normalized spacial score (nSPS) is 19.8. The maximum atomic E-state index is 12.7. The first-order valence-corrected chi connectivity index (χ1v) is 8.27. The van der Waals surface area contributed by atoms with Gasteiger partial charge in [0, 0.05) is 18.7 Å². The highest BCUT2D eigenvalue weighted by Gasteiger charge is 2.29. The standard InChI is InChI=1S/C18H22N2O4/c1-2-23-15-5-6-16-13(9-15)8-14(11-24-16)18(22)20-7-3-4-12(10-20)17(19)21/h5-6,8-9,12H,2-4,7,10-11H2,1H3,(H2,19,21). The molecule has 0 spiro atoms. The van der Waals surface area contributed by atoms with E-state index in [0.717, 1.165) is 29.9 Å². The van der Waals surface area contributed by atoms with Gasteiger partial charge in [0.15, 0.2) is 0 Å². The fourth-order valence-corrected chi connectivity index (χ4v) is 3.13. The Morgan fingerprint density at radius 3 is 3.00 bits per heavy atom. The van der Waals surface area contributed by atoms with E-state index in [4.69, 9.17) is 15.2 Å². The van der Waals surface area contributed by atoms with Crippen LogP contribution >= 0.6 is 0 Å². The second-order valence-electron chi connectivity index (χ2n) is 6.08. The number of carbonyl (C=O) groups is 2. The lowest BCUT2D eigenvalue weighted by Crippen LogP contribution is -2.45. The zero-order valence-corrected chi connectivity index (χ0v) is 13.8. The summed E-state index contributed by atoms with van der Waals surface area (Å²) in [7, 11) is 0. The number of likely N-dealkylation sites (tertiary alicyclic amines) is 1. The van der Waals surface area contributed by atoms with Gasteiger partial charge in [-0.15, -0.1) is 0 Å². The summed E-state index contributed by atoms with van der Waals surface area (Å²) in [6.45, 7) is 3.77. The van der Waals surface area contributed by atoms with Crippen molar-refractivity contribution in [2.24, 2.45) is 11.7 Å². The SMILES string of the molecule is CCOc1ccc2c(c1)C=C(C(=O)N1CCCC(C(N)=O)C1)CO2. The molecule has 1 atom stereocenters. The van der Waals surface area contributed by atoms with Gasteiger partial charge in [-0.25, -0.2) is 0 Å². The van der Waals surface area contributed by atoms with Crippen molar-refractivity contribution in [1.82, 2.24) is 4.90 Å². The molecule has 2 amide bonds. The van der Waals surface area contributed by atoms with Crippen molar-refractivity contribution in [3.8, 4) is 11.5 Å². The number of amides is 2. The van der Waals surface area contributed by atoms with Crippen LogP contribution in [0.5, 0.6) is 11.5 Å². The third kappa shape index (κ3) is 3.37. The first-order valence-electron chi connectivity index (χ1n) is 8.27. The van der Waals surface area contributed by atoms with Crippen molar-refractivity contribution in [3.63, 3.8) is 0 Å². The number of rotatable bonds is 4. The van der Waals surface area contributed by atoms with Gasteiger partial charge in [-0.1, -0.05) is 0 Å².